The largest absolute Gasteiger partial charge is 0.416 e. The number of hydrogen-bond acceptors (Lipinski definition) is 2. The van der Waals surface area contributed by atoms with Crippen LogP contribution in [0.25, 0.3) is 0 Å². The summed E-state index contributed by atoms with van der Waals surface area (Å²) >= 11 is 5.81. The molecule has 0 saturated carbocycles. The molecule has 0 radical (unpaired) electrons. The van der Waals surface area contributed by atoms with Gasteiger partial charge in [0.15, 0.2) is 0 Å². The van der Waals surface area contributed by atoms with E-state index in [2.05, 4.69) is 5.32 Å². The van der Waals surface area contributed by atoms with E-state index in [0.29, 0.717) is 25.1 Å². The van der Waals surface area contributed by atoms with E-state index < -0.39 is 29.1 Å². The van der Waals surface area contributed by atoms with Crippen LogP contribution in [0, 0.1) is 0 Å². The molecule has 1 heterocycles. The highest BCUT2D eigenvalue weighted by molar-refractivity contribution is 6.30. The van der Waals surface area contributed by atoms with Crippen molar-refractivity contribution in [2.45, 2.75) is 37.4 Å². The third kappa shape index (κ3) is 3.96. The maximum absolute atomic E-state index is 12.5. The molecule has 1 aliphatic rings. The molecule has 2 atom stereocenters. The van der Waals surface area contributed by atoms with Crippen molar-refractivity contribution < 1.29 is 22.8 Å². The van der Waals surface area contributed by atoms with Gasteiger partial charge in [-0.1, -0.05) is 6.92 Å². The second-order valence-corrected chi connectivity index (χ2v) is 5.79. The molecule has 23 heavy (non-hydrogen) atoms. The Morgan fingerprint density at radius 3 is 2.52 bits per heavy atom. The van der Waals surface area contributed by atoms with Crippen LogP contribution in [-0.2, 0) is 15.8 Å². The number of alkyl halides is 4. The van der Waals surface area contributed by atoms with Gasteiger partial charge in [-0.05, 0) is 37.1 Å². The summed E-state index contributed by atoms with van der Waals surface area (Å²) in [5.41, 5.74) is -0.400. The van der Waals surface area contributed by atoms with Gasteiger partial charge >= 0.3 is 6.18 Å². The fourth-order valence-corrected chi connectivity index (χ4v) is 2.41. The van der Waals surface area contributed by atoms with Crippen LogP contribution in [0.15, 0.2) is 24.3 Å². The number of nitrogens with one attached hydrogen (secondary N) is 1. The van der Waals surface area contributed by atoms with Gasteiger partial charge in [0.1, 0.15) is 11.4 Å². The molecular weight excluding hydrogens is 333 g/mol. The maximum atomic E-state index is 12.5. The minimum absolute atomic E-state index is 0.328. The third-order valence-corrected chi connectivity index (χ3v) is 4.18. The first kappa shape index (κ1) is 17.6. The van der Waals surface area contributed by atoms with Crippen LogP contribution in [0.2, 0.25) is 0 Å². The van der Waals surface area contributed by atoms with Crippen molar-refractivity contribution in [3.8, 4) is 0 Å². The fraction of sp³-hybridized carbons (Fsp3) is 0.467. The van der Waals surface area contributed by atoms with Crippen LogP contribution in [0.1, 0.15) is 25.3 Å². The lowest BCUT2D eigenvalue weighted by molar-refractivity contribution is -0.137. The zero-order valence-corrected chi connectivity index (χ0v) is 13.1. The van der Waals surface area contributed by atoms with Crippen molar-refractivity contribution in [2.75, 3.05) is 11.4 Å². The Morgan fingerprint density at radius 2 is 2.00 bits per heavy atom. The minimum Gasteiger partial charge on any atom is -0.343 e. The summed E-state index contributed by atoms with van der Waals surface area (Å²) < 4.78 is 37.6. The van der Waals surface area contributed by atoms with Crippen LogP contribution < -0.4 is 10.2 Å². The van der Waals surface area contributed by atoms with Crippen LogP contribution in [0.3, 0.4) is 0 Å². The Morgan fingerprint density at radius 1 is 1.39 bits per heavy atom. The Labute approximate surface area is 136 Å². The SMILES string of the molecule is CCC(Cl)C(=O)NC1CCN(c2ccc(C(F)(F)F)cc2)C1=O. The summed E-state index contributed by atoms with van der Waals surface area (Å²) in [5.74, 6) is -0.764. The monoisotopic (exact) mass is 348 g/mol. The van der Waals surface area contributed by atoms with E-state index in [4.69, 9.17) is 11.6 Å². The van der Waals surface area contributed by atoms with E-state index >= 15 is 0 Å². The second kappa shape index (κ2) is 6.78. The normalized spacial score (nSPS) is 19.8. The van der Waals surface area contributed by atoms with Gasteiger partial charge in [-0.15, -0.1) is 11.6 Å². The highest BCUT2D eigenvalue weighted by Gasteiger charge is 2.35. The molecular formula is C15H16ClF3N2O2. The van der Waals surface area contributed by atoms with Gasteiger partial charge in [0, 0.05) is 12.2 Å². The Bertz CT molecular complexity index is 589. The summed E-state index contributed by atoms with van der Waals surface area (Å²) in [5, 5.41) is 1.87. The number of carbonyl (C=O) groups excluding carboxylic acids is 2. The number of nitrogens with zero attached hydrogens (tertiary/aromatic N) is 1. The van der Waals surface area contributed by atoms with Gasteiger partial charge in [0.25, 0.3) is 0 Å². The van der Waals surface area contributed by atoms with Crippen LogP contribution in [0.5, 0.6) is 0 Å². The zero-order valence-electron chi connectivity index (χ0n) is 12.4. The molecule has 0 aliphatic carbocycles. The van der Waals surface area contributed by atoms with Gasteiger partial charge in [0.2, 0.25) is 11.8 Å². The van der Waals surface area contributed by atoms with Crippen LogP contribution in [0.4, 0.5) is 18.9 Å². The summed E-state index contributed by atoms with van der Waals surface area (Å²) in [6.45, 7) is 2.08. The van der Waals surface area contributed by atoms with E-state index in [9.17, 15) is 22.8 Å². The molecule has 0 bridgehead atoms. The zero-order chi connectivity index (χ0) is 17.2. The average molecular weight is 349 g/mol. The first-order chi connectivity index (χ1) is 10.7. The molecule has 1 aromatic carbocycles. The number of amides is 2. The fourth-order valence-electron chi connectivity index (χ4n) is 2.35. The lowest BCUT2D eigenvalue weighted by atomic mass is 10.2. The van der Waals surface area contributed by atoms with Gasteiger partial charge in [0.05, 0.1) is 5.56 Å². The second-order valence-electron chi connectivity index (χ2n) is 5.26. The molecule has 2 amide bonds. The van der Waals surface area contributed by atoms with Gasteiger partial charge in [-0.3, -0.25) is 9.59 Å². The van der Waals surface area contributed by atoms with Gasteiger partial charge in [-0.2, -0.15) is 13.2 Å². The summed E-state index contributed by atoms with van der Waals surface area (Å²) in [6.07, 6.45) is -3.59. The molecule has 2 rings (SSSR count). The Kier molecular flexibility index (Phi) is 5.19. The maximum Gasteiger partial charge on any atom is 0.416 e. The first-order valence-corrected chi connectivity index (χ1v) is 7.60. The molecule has 1 saturated heterocycles. The smallest absolute Gasteiger partial charge is 0.343 e. The predicted octanol–water partition coefficient (Wildman–Crippen LogP) is 2.94. The van der Waals surface area contributed by atoms with E-state index in [-0.39, 0.29) is 5.91 Å². The molecule has 1 aromatic rings. The molecule has 8 heteroatoms. The molecule has 1 N–H and O–H groups in total. The van der Waals surface area contributed by atoms with Crippen molar-refractivity contribution in [3.05, 3.63) is 29.8 Å². The van der Waals surface area contributed by atoms with Crippen molar-refractivity contribution >= 4 is 29.1 Å². The predicted molar refractivity (Wildman–Crippen MR) is 80.3 cm³/mol. The summed E-state index contributed by atoms with van der Waals surface area (Å²) in [4.78, 5) is 25.4. The van der Waals surface area contributed by atoms with Crippen LogP contribution in [-0.4, -0.2) is 29.8 Å². The average Bonchev–Trinajstić information content (AvgIpc) is 2.86. The van der Waals surface area contributed by atoms with E-state index in [1.54, 1.807) is 6.92 Å². The molecule has 2 unspecified atom stereocenters. The molecule has 0 spiro atoms. The van der Waals surface area contributed by atoms with Gasteiger partial charge in [-0.25, -0.2) is 0 Å². The minimum atomic E-state index is -4.42. The topological polar surface area (TPSA) is 49.4 Å². The summed E-state index contributed by atoms with van der Waals surface area (Å²) in [6, 6.07) is 3.67. The highest BCUT2D eigenvalue weighted by Crippen LogP contribution is 2.31. The number of carbonyl (C=O) groups is 2. The molecule has 4 nitrogen and oxygen atoms in total. The number of benzene rings is 1. The first-order valence-electron chi connectivity index (χ1n) is 7.17. The van der Waals surface area contributed by atoms with Crippen molar-refractivity contribution in [3.63, 3.8) is 0 Å². The van der Waals surface area contributed by atoms with Crippen molar-refractivity contribution in [1.82, 2.24) is 5.32 Å². The molecule has 126 valence electrons. The quantitative estimate of drug-likeness (QED) is 0.850. The van der Waals surface area contributed by atoms with E-state index in [1.807, 2.05) is 0 Å². The Hall–Kier alpha value is -1.76. The van der Waals surface area contributed by atoms with Gasteiger partial charge < -0.3 is 10.2 Å². The van der Waals surface area contributed by atoms with E-state index in [0.717, 1.165) is 12.1 Å². The number of rotatable bonds is 4. The van der Waals surface area contributed by atoms with Crippen LogP contribution >= 0.6 is 11.6 Å². The highest BCUT2D eigenvalue weighted by atomic mass is 35.5. The molecule has 0 aromatic heterocycles. The number of hydrogen-bond donors (Lipinski definition) is 1. The number of anilines is 1. The van der Waals surface area contributed by atoms with E-state index in [1.165, 1.54) is 17.0 Å². The number of halogens is 4. The third-order valence-electron chi connectivity index (χ3n) is 3.67. The standard InChI is InChI=1S/C15H16ClF3N2O2/c1-2-11(16)13(22)20-12-7-8-21(14(12)23)10-5-3-9(4-6-10)15(17,18)19/h3-6,11-12H,2,7-8H2,1H3,(H,20,22). The summed E-state index contributed by atoms with van der Waals surface area (Å²) in [7, 11) is 0. The van der Waals surface area contributed by atoms with Crippen molar-refractivity contribution in [2.24, 2.45) is 0 Å². The lowest BCUT2D eigenvalue weighted by Crippen LogP contribution is -2.44. The molecule has 1 aliphatic heterocycles. The Balaban J connectivity index is 2.06. The van der Waals surface area contributed by atoms with Crippen molar-refractivity contribution in [1.29, 1.82) is 0 Å². The lowest BCUT2D eigenvalue weighted by Gasteiger charge is -2.18. The molecule has 1 fully saturated rings.